The van der Waals surface area contributed by atoms with Crippen molar-refractivity contribution >= 4 is 17.5 Å². The second-order valence-electron chi connectivity index (χ2n) is 9.13. The van der Waals surface area contributed by atoms with Crippen LogP contribution in [-0.4, -0.2) is 28.6 Å². The number of aliphatic imine (C=N–C) groups is 1. The van der Waals surface area contributed by atoms with Gasteiger partial charge in [0.15, 0.2) is 5.78 Å². The number of benzene rings is 1. The molecule has 1 unspecified atom stereocenters. The first-order valence-electron chi connectivity index (χ1n) is 11.6. The third-order valence-electron chi connectivity index (χ3n) is 7.06. The number of carbonyl (C=O) groups excluding carboxylic acids is 2. The van der Waals surface area contributed by atoms with Crippen molar-refractivity contribution in [3.8, 4) is 0 Å². The molecule has 0 bridgehead atoms. The van der Waals surface area contributed by atoms with Crippen molar-refractivity contribution < 1.29 is 14.3 Å². The van der Waals surface area contributed by atoms with Crippen LogP contribution in [0.4, 0.5) is 0 Å². The number of ether oxygens (including phenoxy) is 1. The fraction of sp³-hybridized carbons (Fsp3) is 0.407. The third-order valence-corrected chi connectivity index (χ3v) is 7.06. The average molecular weight is 429 g/mol. The summed E-state index contributed by atoms with van der Waals surface area (Å²) in [5.41, 5.74) is 4.31. The van der Waals surface area contributed by atoms with Gasteiger partial charge in [-0.25, -0.2) is 0 Å². The zero-order valence-electron chi connectivity index (χ0n) is 18.4. The molecule has 0 N–H and O–H groups in total. The molecule has 2 aromatic rings. The summed E-state index contributed by atoms with van der Waals surface area (Å²) < 4.78 is 5.91. The third kappa shape index (κ3) is 3.92. The Morgan fingerprint density at radius 3 is 2.41 bits per heavy atom. The van der Waals surface area contributed by atoms with Crippen molar-refractivity contribution in [2.24, 2.45) is 10.9 Å². The molecule has 5 nitrogen and oxygen atoms in total. The molecule has 0 amide bonds. The van der Waals surface area contributed by atoms with E-state index in [1.807, 2.05) is 37.3 Å². The second-order valence-corrected chi connectivity index (χ2v) is 9.13. The lowest BCUT2D eigenvalue weighted by atomic mass is 9.69. The van der Waals surface area contributed by atoms with Crippen LogP contribution >= 0.6 is 0 Å². The van der Waals surface area contributed by atoms with Gasteiger partial charge in [-0.2, -0.15) is 0 Å². The maximum atomic E-state index is 13.5. The Morgan fingerprint density at radius 2 is 1.69 bits per heavy atom. The van der Waals surface area contributed by atoms with E-state index in [0.29, 0.717) is 18.4 Å². The maximum Gasteiger partial charge on any atom is 0.315 e. The molecule has 1 aromatic heterocycles. The van der Waals surface area contributed by atoms with Crippen LogP contribution in [0.3, 0.4) is 0 Å². The lowest BCUT2D eigenvalue weighted by molar-refractivity contribution is -0.151. The van der Waals surface area contributed by atoms with Gasteiger partial charge in [-0.05, 0) is 68.2 Å². The topological polar surface area (TPSA) is 68.6 Å². The minimum atomic E-state index is -0.575. The Morgan fingerprint density at radius 1 is 0.969 bits per heavy atom. The number of hydrogen-bond donors (Lipinski definition) is 0. The summed E-state index contributed by atoms with van der Waals surface area (Å²) in [5, 5.41) is 0. The lowest BCUT2D eigenvalue weighted by Gasteiger charge is -2.36. The number of aromatic nitrogens is 1. The molecule has 0 spiro atoms. The first-order valence-corrected chi connectivity index (χ1v) is 11.6. The average Bonchev–Trinajstić information content (AvgIpc) is 3.32. The van der Waals surface area contributed by atoms with E-state index < -0.39 is 5.92 Å². The quantitative estimate of drug-likeness (QED) is 0.632. The molecule has 32 heavy (non-hydrogen) atoms. The molecule has 1 aromatic carbocycles. The van der Waals surface area contributed by atoms with E-state index in [1.165, 1.54) is 0 Å². The number of esters is 1. The smallest absolute Gasteiger partial charge is 0.315 e. The molecular formula is C27H28N2O3. The standard InChI is InChI=1S/C27H28N2O3/c1-17-24(27(31)32-21-9-5-6-10-21)25(19-11-13-28-14-12-19)26-22(29-17)15-20(16-23(26)30)18-7-3-2-4-8-18/h2-4,7-8,11-14,20-21,24-25H,5-6,9-10,15-16H2,1H3/t20-,24?,25-/m0/s1. The molecule has 1 aliphatic heterocycles. The zero-order chi connectivity index (χ0) is 22.1. The molecule has 0 radical (unpaired) electrons. The molecule has 3 aliphatic rings. The van der Waals surface area contributed by atoms with Gasteiger partial charge in [-0.1, -0.05) is 30.3 Å². The molecule has 3 atom stereocenters. The molecule has 5 heteroatoms. The monoisotopic (exact) mass is 428 g/mol. The van der Waals surface area contributed by atoms with Gasteiger partial charge < -0.3 is 4.74 Å². The summed E-state index contributed by atoms with van der Waals surface area (Å²) in [4.78, 5) is 35.9. The van der Waals surface area contributed by atoms with E-state index in [1.54, 1.807) is 12.4 Å². The van der Waals surface area contributed by atoms with Gasteiger partial charge in [-0.15, -0.1) is 0 Å². The van der Waals surface area contributed by atoms with E-state index in [0.717, 1.165) is 48.2 Å². The number of Topliss-reactive ketones (excluding diaryl/α,β-unsaturated/α-hetero) is 1. The van der Waals surface area contributed by atoms with Gasteiger partial charge in [0, 0.05) is 41.7 Å². The van der Waals surface area contributed by atoms with Crippen molar-refractivity contribution in [1.82, 2.24) is 4.98 Å². The minimum absolute atomic E-state index is 0.0201. The van der Waals surface area contributed by atoms with Crippen molar-refractivity contribution in [2.75, 3.05) is 0 Å². The molecule has 164 valence electrons. The fourth-order valence-electron chi connectivity index (χ4n) is 5.50. The number of allylic oxidation sites excluding steroid dienone is 2. The highest BCUT2D eigenvalue weighted by Crippen LogP contribution is 2.46. The summed E-state index contributed by atoms with van der Waals surface area (Å²) in [5.74, 6) is -1.02. The van der Waals surface area contributed by atoms with E-state index in [-0.39, 0.29) is 29.7 Å². The molecular weight excluding hydrogens is 400 g/mol. The molecule has 1 saturated carbocycles. The van der Waals surface area contributed by atoms with Crippen LogP contribution in [0.15, 0.2) is 71.1 Å². The molecule has 5 rings (SSSR count). The zero-order valence-corrected chi connectivity index (χ0v) is 18.4. The number of rotatable bonds is 4. The highest BCUT2D eigenvalue weighted by molar-refractivity contribution is 6.09. The summed E-state index contributed by atoms with van der Waals surface area (Å²) >= 11 is 0. The fourth-order valence-corrected chi connectivity index (χ4v) is 5.50. The van der Waals surface area contributed by atoms with Gasteiger partial charge in [0.25, 0.3) is 0 Å². The van der Waals surface area contributed by atoms with Crippen LogP contribution in [0.25, 0.3) is 0 Å². The number of nitrogens with zero attached hydrogens (tertiary/aromatic N) is 2. The Labute approximate surface area is 188 Å². The Kier molecular flexibility index (Phi) is 5.73. The highest BCUT2D eigenvalue weighted by Gasteiger charge is 2.45. The van der Waals surface area contributed by atoms with E-state index in [9.17, 15) is 9.59 Å². The molecule has 1 fully saturated rings. The van der Waals surface area contributed by atoms with E-state index in [2.05, 4.69) is 17.1 Å². The second kappa shape index (κ2) is 8.81. The number of ketones is 1. The van der Waals surface area contributed by atoms with Crippen LogP contribution in [0.5, 0.6) is 0 Å². The predicted octanol–water partition coefficient (Wildman–Crippen LogP) is 5.14. The van der Waals surface area contributed by atoms with Gasteiger partial charge in [0.2, 0.25) is 0 Å². The highest BCUT2D eigenvalue weighted by atomic mass is 16.5. The molecule has 0 saturated heterocycles. The summed E-state index contributed by atoms with van der Waals surface area (Å²) in [6.07, 6.45) is 8.58. The Bertz CT molecular complexity index is 1070. The molecule has 2 heterocycles. The van der Waals surface area contributed by atoms with E-state index in [4.69, 9.17) is 9.73 Å². The van der Waals surface area contributed by atoms with Gasteiger partial charge in [0.05, 0.1) is 0 Å². The SMILES string of the molecule is CC1=NC2=C(C(=O)C[C@@H](c3ccccc3)C2)[C@@H](c2ccncc2)C1C(=O)OC1CCCC1. The van der Waals surface area contributed by atoms with Crippen LogP contribution < -0.4 is 0 Å². The first-order chi connectivity index (χ1) is 15.6. The van der Waals surface area contributed by atoms with Gasteiger partial charge >= 0.3 is 5.97 Å². The van der Waals surface area contributed by atoms with Crippen LogP contribution in [0.2, 0.25) is 0 Å². The van der Waals surface area contributed by atoms with Crippen LogP contribution in [0.1, 0.15) is 68.4 Å². The normalized spacial score (nSPS) is 26.0. The summed E-state index contributed by atoms with van der Waals surface area (Å²) in [6, 6.07) is 14.0. The lowest BCUT2D eigenvalue weighted by Crippen LogP contribution is -2.39. The van der Waals surface area contributed by atoms with Crippen molar-refractivity contribution in [3.05, 3.63) is 77.3 Å². The maximum absolute atomic E-state index is 13.5. The number of carbonyl (C=O) groups is 2. The Balaban J connectivity index is 1.53. The largest absolute Gasteiger partial charge is 0.462 e. The molecule has 2 aliphatic carbocycles. The van der Waals surface area contributed by atoms with Crippen molar-refractivity contribution in [1.29, 1.82) is 0 Å². The van der Waals surface area contributed by atoms with Crippen molar-refractivity contribution in [3.63, 3.8) is 0 Å². The van der Waals surface area contributed by atoms with Crippen LogP contribution in [0, 0.1) is 5.92 Å². The number of pyridine rings is 1. The Hall–Kier alpha value is -3.08. The number of hydrogen-bond acceptors (Lipinski definition) is 5. The van der Waals surface area contributed by atoms with E-state index >= 15 is 0 Å². The summed E-state index contributed by atoms with van der Waals surface area (Å²) in [7, 11) is 0. The van der Waals surface area contributed by atoms with Crippen molar-refractivity contribution in [2.45, 2.75) is 63.4 Å². The predicted molar refractivity (Wildman–Crippen MR) is 122 cm³/mol. The first kappa shape index (κ1) is 20.8. The van der Waals surface area contributed by atoms with Gasteiger partial charge in [-0.3, -0.25) is 19.6 Å². The van der Waals surface area contributed by atoms with Gasteiger partial charge in [0.1, 0.15) is 12.0 Å². The summed E-state index contributed by atoms with van der Waals surface area (Å²) in [6.45, 7) is 1.90. The van der Waals surface area contributed by atoms with Crippen LogP contribution in [-0.2, 0) is 14.3 Å². The minimum Gasteiger partial charge on any atom is -0.462 e.